The number of nitrogens with one attached hydrogen (secondary N) is 1. The maximum absolute atomic E-state index is 12.9. The van der Waals surface area contributed by atoms with Crippen molar-refractivity contribution in [3.05, 3.63) is 64.8 Å². The van der Waals surface area contributed by atoms with Crippen molar-refractivity contribution >= 4 is 34.0 Å². The molecule has 0 saturated heterocycles. The molecule has 0 aliphatic carbocycles. The van der Waals surface area contributed by atoms with E-state index < -0.39 is 6.10 Å². The first kappa shape index (κ1) is 17.4. The fourth-order valence-corrected chi connectivity index (χ4v) is 2.91. The molecule has 1 atom stereocenters. The maximum Gasteiger partial charge on any atom is 0.266 e. The molecule has 0 bridgehead atoms. The van der Waals surface area contributed by atoms with E-state index in [4.69, 9.17) is 16.3 Å². The van der Waals surface area contributed by atoms with Crippen molar-refractivity contribution in [1.29, 1.82) is 0 Å². The zero-order chi connectivity index (χ0) is 17.8. The summed E-state index contributed by atoms with van der Waals surface area (Å²) in [4.78, 5) is 16.6. The SMILES string of the molecule is CC(Oc1ccc(F)cc1)C(=O)Nc1nc(-c2ccc(Cl)cc2)cs1. The van der Waals surface area contributed by atoms with Crippen LogP contribution in [0.5, 0.6) is 5.75 Å². The van der Waals surface area contributed by atoms with E-state index >= 15 is 0 Å². The van der Waals surface area contributed by atoms with Gasteiger partial charge in [-0.2, -0.15) is 0 Å². The summed E-state index contributed by atoms with van der Waals surface area (Å²) in [6, 6.07) is 12.8. The molecule has 4 nitrogen and oxygen atoms in total. The molecule has 1 aromatic heterocycles. The van der Waals surface area contributed by atoms with Gasteiger partial charge in [0.15, 0.2) is 11.2 Å². The van der Waals surface area contributed by atoms with Crippen LogP contribution in [0.1, 0.15) is 6.92 Å². The van der Waals surface area contributed by atoms with E-state index in [1.807, 2.05) is 17.5 Å². The number of hydrogen-bond acceptors (Lipinski definition) is 4. The molecule has 0 spiro atoms. The Kier molecular flexibility index (Phi) is 5.31. The van der Waals surface area contributed by atoms with Crippen LogP contribution in [-0.4, -0.2) is 17.0 Å². The topological polar surface area (TPSA) is 51.2 Å². The summed E-state index contributed by atoms with van der Waals surface area (Å²) in [5.74, 6) is -0.270. The van der Waals surface area contributed by atoms with Crippen LogP contribution >= 0.6 is 22.9 Å². The predicted molar refractivity (Wildman–Crippen MR) is 97.7 cm³/mol. The average Bonchev–Trinajstić information content (AvgIpc) is 3.06. The van der Waals surface area contributed by atoms with Crippen molar-refractivity contribution in [2.75, 3.05) is 5.32 Å². The first-order valence-electron chi connectivity index (χ1n) is 7.46. The van der Waals surface area contributed by atoms with Crippen molar-refractivity contribution < 1.29 is 13.9 Å². The van der Waals surface area contributed by atoms with E-state index in [9.17, 15) is 9.18 Å². The summed E-state index contributed by atoms with van der Waals surface area (Å²) in [6.45, 7) is 1.62. The van der Waals surface area contributed by atoms with Gasteiger partial charge >= 0.3 is 0 Å². The van der Waals surface area contributed by atoms with Crippen LogP contribution in [0.3, 0.4) is 0 Å². The molecule has 0 fully saturated rings. The third-order valence-electron chi connectivity index (χ3n) is 3.37. The molecule has 1 amide bonds. The van der Waals surface area contributed by atoms with Crippen LogP contribution in [0.15, 0.2) is 53.9 Å². The van der Waals surface area contributed by atoms with Gasteiger partial charge in [0.25, 0.3) is 5.91 Å². The number of carbonyl (C=O) groups excluding carboxylic acids is 1. The average molecular weight is 377 g/mol. The van der Waals surface area contributed by atoms with Crippen LogP contribution in [0.4, 0.5) is 9.52 Å². The Morgan fingerprint density at radius 1 is 1.20 bits per heavy atom. The Bertz CT molecular complexity index is 866. The zero-order valence-corrected chi connectivity index (χ0v) is 14.8. The minimum Gasteiger partial charge on any atom is -0.481 e. The van der Waals surface area contributed by atoms with Gasteiger partial charge in [0.05, 0.1) is 5.69 Å². The lowest BCUT2D eigenvalue weighted by molar-refractivity contribution is -0.122. The van der Waals surface area contributed by atoms with Crippen LogP contribution in [0.25, 0.3) is 11.3 Å². The molecule has 1 heterocycles. The van der Waals surface area contributed by atoms with Gasteiger partial charge in [-0.15, -0.1) is 11.3 Å². The summed E-state index contributed by atoms with van der Waals surface area (Å²) in [6.07, 6.45) is -0.742. The summed E-state index contributed by atoms with van der Waals surface area (Å²) in [5, 5.41) is 5.70. The number of nitrogens with zero attached hydrogens (tertiary/aromatic N) is 1. The van der Waals surface area contributed by atoms with Gasteiger partial charge in [0.1, 0.15) is 11.6 Å². The zero-order valence-electron chi connectivity index (χ0n) is 13.2. The van der Waals surface area contributed by atoms with Gasteiger partial charge in [-0.3, -0.25) is 10.1 Å². The molecule has 3 rings (SSSR count). The number of halogens is 2. The summed E-state index contributed by atoms with van der Waals surface area (Å²) in [7, 11) is 0. The van der Waals surface area contributed by atoms with Crippen LogP contribution in [-0.2, 0) is 4.79 Å². The smallest absolute Gasteiger partial charge is 0.266 e. The summed E-state index contributed by atoms with van der Waals surface area (Å²) < 4.78 is 18.4. The lowest BCUT2D eigenvalue weighted by Crippen LogP contribution is -2.30. The first-order chi connectivity index (χ1) is 12.0. The summed E-state index contributed by atoms with van der Waals surface area (Å²) >= 11 is 7.20. The predicted octanol–water partition coefficient (Wildman–Crippen LogP) is 5.01. The van der Waals surface area contributed by atoms with Crippen LogP contribution in [0, 0.1) is 5.82 Å². The second kappa shape index (κ2) is 7.63. The summed E-state index contributed by atoms with van der Waals surface area (Å²) in [5.41, 5.74) is 1.67. The molecular weight excluding hydrogens is 363 g/mol. The van der Waals surface area contributed by atoms with Crippen molar-refractivity contribution in [2.24, 2.45) is 0 Å². The Morgan fingerprint density at radius 2 is 1.88 bits per heavy atom. The second-order valence-corrected chi connectivity index (χ2v) is 6.54. The Hall–Kier alpha value is -2.44. The van der Waals surface area contributed by atoms with Gasteiger partial charge in [-0.25, -0.2) is 9.37 Å². The number of benzene rings is 2. The number of ether oxygens (including phenoxy) is 1. The van der Waals surface area contributed by atoms with Crippen molar-refractivity contribution in [1.82, 2.24) is 4.98 Å². The number of hydrogen-bond donors (Lipinski definition) is 1. The molecule has 0 aliphatic heterocycles. The van der Waals surface area contributed by atoms with Crippen molar-refractivity contribution in [2.45, 2.75) is 13.0 Å². The quantitative estimate of drug-likeness (QED) is 0.681. The van der Waals surface area contributed by atoms with Gasteiger partial charge in [0.2, 0.25) is 0 Å². The van der Waals surface area contributed by atoms with E-state index in [0.717, 1.165) is 11.3 Å². The van der Waals surface area contributed by atoms with E-state index in [1.54, 1.807) is 19.1 Å². The van der Waals surface area contributed by atoms with Crippen LogP contribution < -0.4 is 10.1 Å². The van der Waals surface area contributed by atoms with E-state index in [0.29, 0.717) is 15.9 Å². The number of aromatic nitrogens is 1. The number of rotatable bonds is 5. The fourth-order valence-electron chi connectivity index (χ4n) is 2.06. The molecular formula is C18H14ClFN2O2S. The van der Waals surface area contributed by atoms with Gasteiger partial charge in [0, 0.05) is 16.0 Å². The first-order valence-corrected chi connectivity index (χ1v) is 8.71. The third-order valence-corrected chi connectivity index (χ3v) is 4.38. The van der Waals surface area contributed by atoms with Crippen molar-refractivity contribution in [3.8, 4) is 17.0 Å². The number of amides is 1. The molecule has 128 valence electrons. The lowest BCUT2D eigenvalue weighted by atomic mass is 10.2. The fraction of sp³-hybridized carbons (Fsp3) is 0.111. The standard InChI is InChI=1S/C18H14ClFN2O2S/c1-11(24-15-8-6-14(20)7-9-15)17(23)22-18-21-16(10-25-18)12-2-4-13(19)5-3-12/h2-11H,1H3,(H,21,22,23). The molecule has 1 N–H and O–H groups in total. The van der Waals surface area contributed by atoms with Gasteiger partial charge in [-0.1, -0.05) is 23.7 Å². The van der Waals surface area contributed by atoms with Crippen LogP contribution in [0.2, 0.25) is 5.02 Å². The normalized spacial score (nSPS) is 11.8. The molecule has 25 heavy (non-hydrogen) atoms. The Labute approximate surface area is 153 Å². The number of thiazole rings is 1. The molecule has 3 aromatic rings. The molecule has 0 saturated carbocycles. The second-order valence-electron chi connectivity index (χ2n) is 5.25. The lowest BCUT2D eigenvalue weighted by Gasteiger charge is -2.13. The molecule has 1 unspecified atom stereocenters. The van der Waals surface area contributed by atoms with E-state index in [-0.39, 0.29) is 11.7 Å². The minimum absolute atomic E-state index is 0.332. The van der Waals surface area contributed by atoms with E-state index in [1.165, 1.54) is 35.6 Å². The monoisotopic (exact) mass is 376 g/mol. The molecule has 7 heteroatoms. The largest absolute Gasteiger partial charge is 0.481 e. The molecule has 0 radical (unpaired) electrons. The highest BCUT2D eigenvalue weighted by atomic mass is 35.5. The number of carbonyl (C=O) groups is 1. The maximum atomic E-state index is 12.9. The minimum atomic E-state index is -0.742. The number of anilines is 1. The Morgan fingerprint density at radius 3 is 2.56 bits per heavy atom. The molecule has 2 aromatic carbocycles. The highest BCUT2D eigenvalue weighted by molar-refractivity contribution is 7.14. The van der Waals surface area contributed by atoms with E-state index in [2.05, 4.69) is 10.3 Å². The highest BCUT2D eigenvalue weighted by Gasteiger charge is 2.16. The van der Waals surface area contributed by atoms with Gasteiger partial charge < -0.3 is 4.74 Å². The van der Waals surface area contributed by atoms with Gasteiger partial charge in [-0.05, 0) is 43.3 Å². The Balaban J connectivity index is 1.62. The molecule has 0 aliphatic rings. The highest BCUT2D eigenvalue weighted by Crippen LogP contribution is 2.26. The third kappa shape index (κ3) is 4.55. The van der Waals surface area contributed by atoms with Crippen molar-refractivity contribution in [3.63, 3.8) is 0 Å².